The largest absolute Gasteiger partial charge is 0.311 e. The van der Waals surface area contributed by atoms with Gasteiger partial charge in [0.1, 0.15) is 11.9 Å². The van der Waals surface area contributed by atoms with Gasteiger partial charge in [-0.3, -0.25) is 4.79 Å². The lowest BCUT2D eigenvalue weighted by Crippen LogP contribution is -2.41. The predicted octanol–water partition coefficient (Wildman–Crippen LogP) is 2.22. The summed E-state index contributed by atoms with van der Waals surface area (Å²) < 4.78 is 40.0. The van der Waals surface area contributed by atoms with E-state index in [2.05, 4.69) is 4.72 Å². The Morgan fingerprint density at radius 3 is 2.33 bits per heavy atom. The highest BCUT2D eigenvalue weighted by Crippen LogP contribution is 2.23. The number of nitrogens with one attached hydrogen (secondary N) is 1. The van der Waals surface area contributed by atoms with Crippen LogP contribution < -0.4 is 9.62 Å². The van der Waals surface area contributed by atoms with Crippen molar-refractivity contribution in [3.05, 3.63) is 59.9 Å². The molecule has 5 nitrogen and oxygen atoms in total. The molecule has 1 N–H and O–H groups in total. The van der Waals surface area contributed by atoms with Crippen LogP contribution in [0.3, 0.4) is 0 Å². The van der Waals surface area contributed by atoms with Crippen LogP contribution in [-0.2, 0) is 14.8 Å². The number of hydrogen-bond acceptors (Lipinski definition) is 3. The summed E-state index contributed by atoms with van der Waals surface area (Å²) in [5.74, 6) is -0.805. The van der Waals surface area contributed by atoms with Crippen molar-refractivity contribution in [2.75, 3.05) is 11.4 Å². The topological polar surface area (TPSA) is 66.5 Å². The monoisotopic (exact) mass is 348 g/mol. The molecule has 7 heteroatoms. The predicted molar refractivity (Wildman–Crippen MR) is 88.7 cm³/mol. The fraction of sp³-hybridized carbons (Fsp3) is 0.235. The van der Waals surface area contributed by atoms with E-state index in [1.54, 1.807) is 4.90 Å². The van der Waals surface area contributed by atoms with Gasteiger partial charge >= 0.3 is 0 Å². The molecular formula is C17H17FN2O3S. The molecule has 1 heterocycles. The van der Waals surface area contributed by atoms with Crippen LogP contribution in [0.25, 0.3) is 0 Å². The van der Waals surface area contributed by atoms with Gasteiger partial charge in [0.2, 0.25) is 15.9 Å². The van der Waals surface area contributed by atoms with E-state index in [1.165, 1.54) is 12.1 Å². The van der Waals surface area contributed by atoms with Gasteiger partial charge in [-0.25, -0.2) is 12.8 Å². The SMILES string of the molecule is Cc1ccc(N2CC[C@@H](NS(=O)(=O)c3ccc(F)cc3)C2=O)cc1. The van der Waals surface area contributed by atoms with E-state index in [0.717, 1.165) is 23.4 Å². The lowest BCUT2D eigenvalue weighted by Gasteiger charge is -2.17. The molecule has 1 aliphatic heterocycles. The Morgan fingerprint density at radius 1 is 1.08 bits per heavy atom. The number of carbonyl (C=O) groups is 1. The number of hydrogen-bond donors (Lipinski definition) is 1. The number of sulfonamides is 1. The highest BCUT2D eigenvalue weighted by Gasteiger charge is 2.35. The van der Waals surface area contributed by atoms with Crippen molar-refractivity contribution in [2.24, 2.45) is 0 Å². The Balaban J connectivity index is 1.76. The summed E-state index contributed by atoms with van der Waals surface area (Å²) in [5, 5.41) is 0. The molecule has 0 bridgehead atoms. The molecule has 0 aromatic heterocycles. The van der Waals surface area contributed by atoms with Crippen molar-refractivity contribution in [3.63, 3.8) is 0 Å². The minimum atomic E-state index is -3.87. The van der Waals surface area contributed by atoms with E-state index in [1.807, 2.05) is 31.2 Å². The van der Waals surface area contributed by atoms with Crippen molar-refractivity contribution >= 4 is 21.6 Å². The first-order valence-electron chi connectivity index (χ1n) is 7.53. The molecule has 2 aromatic carbocycles. The molecule has 1 atom stereocenters. The van der Waals surface area contributed by atoms with E-state index >= 15 is 0 Å². The summed E-state index contributed by atoms with van der Waals surface area (Å²) in [6, 6.07) is 11.2. The van der Waals surface area contributed by atoms with Crippen molar-refractivity contribution in [3.8, 4) is 0 Å². The third-order valence-electron chi connectivity index (χ3n) is 3.97. The van der Waals surface area contributed by atoms with Crippen LogP contribution in [0.1, 0.15) is 12.0 Å². The molecule has 0 unspecified atom stereocenters. The molecule has 1 saturated heterocycles. The second kappa shape index (κ2) is 6.33. The second-order valence-electron chi connectivity index (χ2n) is 5.74. The van der Waals surface area contributed by atoms with Gasteiger partial charge in [0.15, 0.2) is 0 Å². The quantitative estimate of drug-likeness (QED) is 0.921. The van der Waals surface area contributed by atoms with E-state index in [0.29, 0.717) is 13.0 Å². The summed E-state index contributed by atoms with van der Waals surface area (Å²) in [7, 11) is -3.87. The van der Waals surface area contributed by atoms with Gasteiger partial charge in [-0.15, -0.1) is 0 Å². The minimum absolute atomic E-state index is 0.0644. The number of amides is 1. The Labute approximate surface area is 140 Å². The first-order valence-corrected chi connectivity index (χ1v) is 9.01. The maximum Gasteiger partial charge on any atom is 0.245 e. The van der Waals surface area contributed by atoms with Gasteiger partial charge in [-0.05, 0) is 49.7 Å². The summed E-state index contributed by atoms with van der Waals surface area (Å²) in [6.45, 7) is 2.40. The van der Waals surface area contributed by atoms with E-state index in [9.17, 15) is 17.6 Å². The number of halogens is 1. The molecule has 2 aromatic rings. The molecule has 1 aliphatic rings. The lowest BCUT2D eigenvalue weighted by molar-refractivity contribution is -0.118. The zero-order valence-corrected chi connectivity index (χ0v) is 13.9. The normalized spacial score (nSPS) is 18.2. The molecule has 3 rings (SSSR count). The van der Waals surface area contributed by atoms with Crippen LogP contribution in [0.15, 0.2) is 53.4 Å². The maximum atomic E-state index is 12.9. The number of carbonyl (C=O) groups excluding carboxylic acids is 1. The molecular weight excluding hydrogens is 331 g/mol. The highest BCUT2D eigenvalue weighted by molar-refractivity contribution is 7.89. The van der Waals surface area contributed by atoms with Gasteiger partial charge in [-0.1, -0.05) is 17.7 Å². The Morgan fingerprint density at radius 2 is 1.71 bits per heavy atom. The molecule has 126 valence electrons. The van der Waals surface area contributed by atoms with Gasteiger partial charge in [0.05, 0.1) is 4.90 Å². The van der Waals surface area contributed by atoms with Gasteiger partial charge in [-0.2, -0.15) is 4.72 Å². The zero-order chi connectivity index (χ0) is 17.3. The number of aryl methyl sites for hydroxylation is 1. The number of rotatable bonds is 4. The van der Waals surface area contributed by atoms with Crippen molar-refractivity contribution in [1.29, 1.82) is 0 Å². The van der Waals surface area contributed by atoms with E-state index in [-0.39, 0.29) is 10.8 Å². The maximum absolute atomic E-state index is 12.9. The van der Waals surface area contributed by atoms with Crippen molar-refractivity contribution in [2.45, 2.75) is 24.3 Å². The molecule has 1 amide bonds. The Hall–Kier alpha value is -2.25. The second-order valence-corrected chi connectivity index (χ2v) is 7.46. The molecule has 1 fully saturated rings. The van der Waals surface area contributed by atoms with Crippen LogP contribution in [0.4, 0.5) is 10.1 Å². The van der Waals surface area contributed by atoms with Crippen LogP contribution in [0.5, 0.6) is 0 Å². The first kappa shape index (κ1) is 16.6. The Bertz CT molecular complexity index is 848. The molecule has 0 spiro atoms. The average Bonchev–Trinajstić information content (AvgIpc) is 2.89. The summed E-state index contributed by atoms with van der Waals surface area (Å²) in [5.41, 5.74) is 1.83. The smallest absolute Gasteiger partial charge is 0.245 e. The molecule has 0 radical (unpaired) electrons. The minimum Gasteiger partial charge on any atom is -0.311 e. The third kappa shape index (κ3) is 3.32. The van der Waals surface area contributed by atoms with Gasteiger partial charge in [0, 0.05) is 12.2 Å². The summed E-state index contributed by atoms with van der Waals surface area (Å²) in [6.07, 6.45) is 0.382. The Kier molecular flexibility index (Phi) is 4.38. The van der Waals surface area contributed by atoms with Gasteiger partial charge < -0.3 is 4.90 Å². The number of nitrogens with zero attached hydrogens (tertiary/aromatic N) is 1. The van der Waals surface area contributed by atoms with Crippen LogP contribution in [0.2, 0.25) is 0 Å². The molecule has 24 heavy (non-hydrogen) atoms. The van der Waals surface area contributed by atoms with E-state index < -0.39 is 21.9 Å². The van der Waals surface area contributed by atoms with Crippen molar-refractivity contribution in [1.82, 2.24) is 4.72 Å². The molecule has 0 aliphatic carbocycles. The fourth-order valence-electron chi connectivity index (χ4n) is 2.64. The van der Waals surface area contributed by atoms with Crippen LogP contribution in [-0.4, -0.2) is 26.9 Å². The van der Waals surface area contributed by atoms with Gasteiger partial charge in [0.25, 0.3) is 0 Å². The highest BCUT2D eigenvalue weighted by atomic mass is 32.2. The summed E-state index contributed by atoms with van der Waals surface area (Å²) >= 11 is 0. The van der Waals surface area contributed by atoms with Crippen LogP contribution in [0, 0.1) is 12.7 Å². The van der Waals surface area contributed by atoms with E-state index in [4.69, 9.17) is 0 Å². The zero-order valence-electron chi connectivity index (χ0n) is 13.1. The average molecular weight is 348 g/mol. The van der Waals surface area contributed by atoms with Crippen molar-refractivity contribution < 1.29 is 17.6 Å². The number of benzene rings is 2. The fourth-order valence-corrected chi connectivity index (χ4v) is 3.86. The number of anilines is 1. The third-order valence-corrected chi connectivity index (χ3v) is 5.46. The van der Waals surface area contributed by atoms with Crippen LogP contribution >= 0.6 is 0 Å². The lowest BCUT2D eigenvalue weighted by atomic mass is 10.2. The molecule has 0 saturated carbocycles. The first-order chi connectivity index (χ1) is 11.4. The summed E-state index contributed by atoms with van der Waals surface area (Å²) in [4.78, 5) is 14.0. The standard InChI is InChI=1S/C17H17FN2O3S/c1-12-2-6-14(7-3-12)20-11-10-16(17(20)21)19-24(22,23)15-8-4-13(18)5-9-15/h2-9,16,19H,10-11H2,1H3/t16-/m1/s1.